The third kappa shape index (κ3) is 2.53. The monoisotopic (exact) mass is 231 g/mol. The van der Waals surface area contributed by atoms with Gasteiger partial charge in [0.2, 0.25) is 0 Å². The van der Waals surface area contributed by atoms with Crippen LogP contribution in [0.2, 0.25) is 0 Å². The molecule has 0 atom stereocenters. The van der Waals surface area contributed by atoms with Gasteiger partial charge in [-0.25, -0.2) is 0 Å². The van der Waals surface area contributed by atoms with Crippen molar-refractivity contribution in [2.24, 2.45) is 0 Å². The summed E-state index contributed by atoms with van der Waals surface area (Å²) in [5, 5.41) is 17.0. The van der Waals surface area contributed by atoms with Crippen LogP contribution in [0.3, 0.4) is 0 Å². The lowest BCUT2D eigenvalue weighted by molar-refractivity contribution is 0.249. The molecule has 0 amide bonds. The Balaban J connectivity index is 2.08. The summed E-state index contributed by atoms with van der Waals surface area (Å²) in [7, 11) is 4.23. The third-order valence-electron chi connectivity index (χ3n) is 3.32. The van der Waals surface area contributed by atoms with Crippen LogP contribution in [0.5, 0.6) is 0 Å². The van der Waals surface area contributed by atoms with Crippen molar-refractivity contribution in [1.29, 1.82) is 5.26 Å². The van der Waals surface area contributed by atoms with Crippen LogP contribution in [-0.4, -0.2) is 48.3 Å². The SMILES string of the molecule is CN(C)C1CCN(c2nnccc2C#N)CC1. The average Bonchev–Trinajstić information content (AvgIpc) is 2.39. The van der Waals surface area contributed by atoms with Crippen molar-refractivity contribution in [1.82, 2.24) is 15.1 Å². The van der Waals surface area contributed by atoms with E-state index in [1.54, 1.807) is 12.3 Å². The molecule has 0 bridgehead atoms. The molecular formula is C12H17N5. The van der Waals surface area contributed by atoms with E-state index in [1.165, 1.54) is 0 Å². The summed E-state index contributed by atoms with van der Waals surface area (Å²) in [6, 6.07) is 4.53. The minimum absolute atomic E-state index is 0.614. The van der Waals surface area contributed by atoms with E-state index in [0.717, 1.165) is 31.7 Å². The van der Waals surface area contributed by atoms with E-state index >= 15 is 0 Å². The molecule has 0 spiro atoms. The molecule has 1 aromatic heterocycles. The van der Waals surface area contributed by atoms with Gasteiger partial charge in [-0.1, -0.05) is 0 Å². The van der Waals surface area contributed by atoms with E-state index < -0.39 is 0 Å². The van der Waals surface area contributed by atoms with Crippen molar-refractivity contribution < 1.29 is 0 Å². The van der Waals surface area contributed by atoms with Crippen molar-refractivity contribution in [3.63, 3.8) is 0 Å². The summed E-state index contributed by atoms with van der Waals surface area (Å²) in [6.45, 7) is 1.88. The van der Waals surface area contributed by atoms with Crippen LogP contribution in [0.25, 0.3) is 0 Å². The topological polar surface area (TPSA) is 56.1 Å². The molecule has 1 aromatic rings. The van der Waals surface area contributed by atoms with Crippen LogP contribution >= 0.6 is 0 Å². The summed E-state index contributed by atoms with van der Waals surface area (Å²) < 4.78 is 0. The fourth-order valence-electron chi connectivity index (χ4n) is 2.24. The number of nitrogens with zero attached hydrogens (tertiary/aromatic N) is 5. The molecule has 0 saturated carbocycles. The Bertz CT molecular complexity index is 415. The largest absolute Gasteiger partial charge is 0.354 e. The molecule has 2 heterocycles. The molecule has 0 N–H and O–H groups in total. The number of anilines is 1. The van der Waals surface area contributed by atoms with Gasteiger partial charge in [0.15, 0.2) is 5.82 Å². The van der Waals surface area contributed by atoms with Crippen LogP contribution in [-0.2, 0) is 0 Å². The second-order valence-corrected chi connectivity index (χ2v) is 4.56. The standard InChI is InChI=1S/C12H17N5/c1-16(2)11-4-7-17(8-5-11)12-10(9-13)3-6-14-15-12/h3,6,11H,4-5,7-8H2,1-2H3. The highest BCUT2D eigenvalue weighted by Gasteiger charge is 2.23. The molecule has 0 unspecified atom stereocenters. The van der Waals surface area contributed by atoms with Crippen molar-refractivity contribution in [3.8, 4) is 6.07 Å². The normalized spacial score (nSPS) is 17.2. The Labute approximate surface area is 102 Å². The number of piperidine rings is 1. The molecule has 0 aliphatic carbocycles. The molecule has 2 rings (SSSR count). The first-order chi connectivity index (χ1) is 8.22. The van der Waals surface area contributed by atoms with E-state index in [0.29, 0.717) is 11.6 Å². The van der Waals surface area contributed by atoms with Gasteiger partial charge < -0.3 is 9.80 Å². The third-order valence-corrected chi connectivity index (χ3v) is 3.32. The second kappa shape index (κ2) is 5.11. The van der Waals surface area contributed by atoms with Gasteiger partial charge >= 0.3 is 0 Å². The second-order valence-electron chi connectivity index (χ2n) is 4.56. The first-order valence-corrected chi connectivity index (χ1v) is 5.85. The lowest BCUT2D eigenvalue weighted by atomic mass is 10.0. The van der Waals surface area contributed by atoms with E-state index in [9.17, 15) is 0 Å². The lowest BCUT2D eigenvalue weighted by Crippen LogP contribution is -2.42. The van der Waals surface area contributed by atoms with Gasteiger partial charge in [-0.2, -0.15) is 10.4 Å². The first kappa shape index (κ1) is 11.8. The Morgan fingerprint density at radius 1 is 1.41 bits per heavy atom. The molecule has 0 radical (unpaired) electrons. The number of aromatic nitrogens is 2. The van der Waals surface area contributed by atoms with E-state index in [2.05, 4.69) is 40.2 Å². The predicted molar refractivity (Wildman–Crippen MR) is 65.7 cm³/mol. The zero-order valence-electron chi connectivity index (χ0n) is 10.3. The molecule has 5 heteroatoms. The van der Waals surface area contributed by atoms with Crippen molar-refractivity contribution in [2.75, 3.05) is 32.1 Å². The van der Waals surface area contributed by atoms with Gasteiger partial charge in [-0.15, -0.1) is 5.10 Å². The van der Waals surface area contributed by atoms with Gasteiger partial charge in [0.1, 0.15) is 6.07 Å². The Morgan fingerprint density at radius 3 is 2.71 bits per heavy atom. The van der Waals surface area contributed by atoms with Gasteiger partial charge in [0, 0.05) is 19.1 Å². The number of nitriles is 1. The minimum Gasteiger partial charge on any atom is -0.354 e. The molecule has 1 aliphatic rings. The lowest BCUT2D eigenvalue weighted by Gasteiger charge is -2.35. The van der Waals surface area contributed by atoms with Crippen molar-refractivity contribution in [2.45, 2.75) is 18.9 Å². The van der Waals surface area contributed by atoms with Crippen LogP contribution in [0, 0.1) is 11.3 Å². The maximum Gasteiger partial charge on any atom is 0.169 e. The van der Waals surface area contributed by atoms with E-state index in [-0.39, 0.29) is 0 Å². The fraction of sp³-hybridized carbons (Fsp3) is 0.583. The van der Waals surface area contributed by atoms with Crippen LogP contribution in [0.15, 0.2) is 12.3 Å². The highest BCUT2D eigenvalue weighted by atomic mass is 15.3. The Morgan fingerprint density at radius 2 is 2.12 bits per heavy atom. The summed E-state index contributed by atoms with van der Waals surface area (Å²) >= 11 is 0. The van der Waals surface area contributed by atoms with Gasteiger partial charge in [-0.3, -0.25) is 0 Å². The van der Waals surface area contributed by atoms with E-state index in [1.807, 2.05) is 0 Å². The quantitative estimate of drug-likeness (QED) is 0.756. The molecule has 0 aromatic carbocycles. The van der Waals surface area contributed by atoms with Crippen LogP contribution < -0.4 is 4.90 Å². The molecule has 1 aliphatic heterocycles. The average molecular weight is 231 g/mol. The maximum atomic E-state index is 9.04. The molecule has 90 valence electrons. The van der Waals surface area contributed by atoms with Crippen LogP contribution in [0.1, 0.15) is 18.4 Å². The maximum absolute atomic E-state index is 9.04. The fourth-order valence-corrected chi connectivity index (χ4v) is 2.24. The zero-order valence-corrected chi connectivity index (χ0v) is 10.3. The minimum atomic E-state index is 0.614. The summed E-state index contributed by atoms with van der Waals surface area (Å²) in [5.74, 6) is 0.729. The zero-order chi connectivity index (χ0) is 12.3. The number of rotatable bonds is 2. The highest BCUT2D eigenvalue weighted by molar-refractivity contribution is 5.52. The summed E-state index contributed by atoms with van der Waals surface area (Å²) in [5.41, 5.74) is 0.614. The molecule has 1 saturated heterocycles. The van der Waals surface area contributed by atoms with Gasteiger partial charge in [-0.05, 0) is 33.0 Å². The Hall–Kier alpha value is -1.67. The van der Waals surface area contributed by atoms with E-state index in [4.69, 9.17) is 5.26 Å². The van der Waals surface area contributed by atoms with Gasteiger partial charge in [0.05, 0.1) is 11.8 Å². The first-order valence-electron chi connectivity index (χ1n) is 5.85. The molecule has 1 fully saturated rings. The summed E-state index contributed by atoms with van der Waals surface area (Å²) in [6.07, 6.45) is 3.78. The number of hydrogen-bond acceptors (Lipinski definition) is 5. The van der Waals surface area contributed by atoms with Crippen LogP contribution in [0.4, 0.5) is 5.82 Å². The predicted octanol–water partition coefficient (Wildman–Crippen LogP) is 0.879. The summed E-state index contributed by atoms with van der Waals surface area (Å²) in [4.78, 5) is 4.42. The molecule has 17 heavy (non-hydrogen) atoms. The van der Waals surface area contributed by atoms with Crippen molar-refractivity contribution in [3.05, 3.63) is 17.8 Å². The number of hydrogen-bond donors (Lipinski definition) is 0. The molecular weight excluding hydrogens is 214 g/mol. The molecule has 5 nitrogen and oxygen atoms in total. The van der Waals surface area contributed by atoms with Gasteiger partial charge in [0.25, 0.3) is 0 Å². The smallest absolute Gasteiger partial charge is 0.169 e. The van der Waals surface area contributed by atoms with Crippen molar-refractivity contribution >= 4 is 5.82 Å². The Kier molecular flexibility index (Phi) is 3.55. The highest BCUT2D eigenvalue weighted by Crippen LogP contribution is 2.21.